The van der Waals surface area contributed by atoms with Crippen LogP contribution in [0.1, 0.15) is 44.1 Å². The summed E-state index contributed by atoms with van der Waals surface area (Å²) in [6.07, 6.45) is 3.60. The van der Waals surface area contributed by atoms with E-state index in [-0.39, 0.29) is 24.3 Å². The molecule has 1 aliphatic heterocycles. The molecule has 1 N–H and O–H groups in total. The third-order valence-electron chi connectivity index (χ3n) is 3.98. The number of hydrogen-bond donors (Lipinski definition) is 1. The number of nitrogens with zero attached hydrogens (tertiary/aromatic N) is 1. The van der Waals surface area contributed by atoms with E-state index in [9.17, 15) is 9.59 Å². The van der Waals surface area contributed by atoms with Crippen LogP contribution in [0, 0.1) is 0 Å². The lowest BCUT2D eigenvalue weighted by Gasteiger charge is -2.20. The molecule has 1 aromatic rings. The van der Waals surface area contributed by atoms with Crippen molar-refractivity contribution in [3.8, 4) is 0 Å². The highest BCUT2D eigenvalue weighted by atomic mass is 16.2. The summed E-state index contributed by atoms with van der Waals surface area (Å²) in [7, 11) is 0. The monoisotopic (exact) mass is 288 g/mol. The first-order chi connectivity index (χ1) is 10.2. The van der Waals surface area contributed by atoms with Gasteiger partial charge in [-0.15, -0.1) is 0 Å². The quantitative estimate of drug-likeness (QED) is 0.904. The van der Waals surface area contributed by atoms with Gasteiger partial charge in [0, 0.05) is 19.5 Å². The van der Waals surface area contributed by atoms with Crippen LogP contribution in [0.5, 0.6) is 0 Å². The van der Waals surface area contributed by atoms with Crippen molar-refractivity contribution in [1.29, 1.82) is 0 Å². The Balaban J connectivity index is 1.78. The van der Waals surface area contributed by atoms with Crippen LogP contribution in [0.25, 0.3) is 0 Å². The van der Waals surface area contributed by atoms with E-state index in [0.29, 0.717) is 19.5 Å². The second-order valence-corrected chi connectivity index (χ2v) is 5.74. The van der Waals surface area contributed by atoms with Crippen LogP contribution >= 0.6 is 0 Å². The Bertz CT molecular complexity index is 473. The van der Waals surface area contributed by atoms with Crippen LogP contribution in [0.4, 0.5) is 0 Å². The summed E-state index contributed by atoms with van der Waals surface area (Å²) in [5.74, 6) is 0.321. The topological polar surface area (TPSA) is 49.4 Å². The minimum atomic E-state index is -0.0620. The standard InChI is InChI=1S/C17H24N2O2/c1-14(15-8-4-2-5-9-15)12-18-16(20)13-19-11-7-3-6-10-17(19)21/h2,4-5,8-9,14H,3,6-7,10-13H2,1H3,(H,18,20)/t14-/m1/s1. The number of amides is 2. The molecule has 1 aromatic carbocycles. The maximum absolute atomic E-state index is 12.0. The third kappa shape index (κ3) is 4.88. The number of carbonyl (C=O) groups is 2. The van der Waals surface area contributed by atoms with Gasteiger partial charge < -0.3 is 10.2 Å². The lowest BCUT2D eigenvalue weighted by molar-refractivity contribution is -0.135. The molecule has 0 aromatic heterocycles. The largest absolute Gasteiger partial charge is 0.354 e. The maximum atomic E-state index is 12.0. The van der Waals surface area contributed by atoms with Gasteiger partial charge in [0.25, 0.3) is 0 Å². The van der Waals surface area contributed by atoms with Crippen molar-refractivity contribution in [2.75, 3.05) is 19.6 Å². The molecule has 2 rings (SSSR count). The summed E-state index contributed by atoms with van der Waals surface area (Å²) in [5, 5.41) is 2.94. The minimum absolute atomic E-state index is 0.0620. The van der Waals surface area contributed by atoms with Gasteiger partial charge in [0.2, 0.25) is 11.8 Å². The van der Waals surface area contributed by atoms with Crippen molar-refractivity contribution < 1.29 is 9.59 Å². The summed E-state index contributed by atoms with van der Waals surface area (Å²) >= 11 is 0. The molecule has 1 fully saturated rings. The van der Waals surface area contributed by atoms with E-state index in [1.165, 1.54) is 5.56 Å². The molecule has 1 saturated heterocycles. The van der Waals surface area contributed by atoms with E-state index >= 15 is 0 Å². The Hall–Kier alpha value is -1.84. The van der Waals surface area contributed by atoms with Crippen LogP contribution in [-0.2, 0) is 9.59 Å². The van der Waals surface area contributed by atoms with Gasteiger partial charge in [-0.2, -0.15) is 0 Å². The Morgan fingerprint density at radius 1 is 1.24 bits per heavy atom. The van der Waals surface area contributed by atoms with Crippen molar-refractivity contribution in [3.05, 3.63) is 35.9 Å². The molecular weight excluding hydrogens is 264 g/mol. The zero-order valence-corrected chi connectivity index (χ0v) is 12.7. The summed E-state index contributed by atoms with van der Waals surface area (Å²) in [6.45, 7) is 3.60. The molecule has 1 atom stereocenters. The molecule has 0 bridgehead atoms. The molecule has 0 spiro atoms. The van der Waals surface area contributed by atoms with E-state index in [1.54, 1.807) is 4.90 Å². The molecule has 2 amide bonds. The van der Waals surface area contributed by atoms with Crippen LogP contribution in [-0.4, -0.2) is 36.3 Å². The Kier molecular flexibility index (Phi) is 5.78. The van der Waals surface area contributed by atoms with Gasteiger partial charge in [0.05, 0.1) is 6.54 Å². The van der Waals surface area contributed by atoms with Crippen molar-refractivity contribution in [2.24, 2.45) is 0 Å². The minimum Gasteiger partial charge on any atom is -0.354 e. The molecule has 21 heavy (non-hydrogen) atoms. The molecule has 4 heteroatoms. The average molecular weight is 288 g/mol. The lowest BCUT2D eigenvalue weighted by Crippen LogP contribution is -2.41. The van der Waals surface area contributed by atoms with Crippen LogP contribution in [0.15, 0.2) is 30.3 Å². The van der Waals surface area contributed by atoms with Gasteiger partial charge >= 0.3 is 0 Å². The van der Waals surface area contributed by atoms with Gasteiger partial charge in [-0.25, -0.2) is 0 Å². The number of carbonyl (C=O) groups excluding carboxylic acids is 2. The molecule has 0 radical (unpaired) electrons. The predicted molar refractivity (Wildman–Crippen MR) is 82.9 cm³/mol. The van der Waals surface area contributed by atoms with Crippen molar-refractivity contribution in [1.82, 2.24) is 10.2 Å². The fourth-order valence-electron chi connectivity index (χ4n) is 2.60. The highest BCUT2D eigenvalue weighted by molar-refractivity contribution is 5.84. The van der Waals surface area contributed by atoms with E-state index in [2.05, 4.69) is 24.4 Å². The zero-order valence-electron chi connectivity index (χ0n) is 12.7. The van der Waals surface area contributed by atoms with Gasteiger partial charge in [0.15, 0.2) is 0 Å². The van der Waals surface area contributed by atoms with E-state index in [0.717, 1.165) is 19.3 Å². The molecule has 0 saturated carbocycles. The fourth-order valence-corrected chi connectivity index (χ4v) is 2.60. The zero-order chi connectivity index (χ0) is 15.1. The maximum Gasteiger partial charge on any atom is 0.239 e. The van der Waals surface area contributed by atoms with Crippen molar-refractivity contribution in [2.45, 2.75) is 38.5 Å². The third-order valence-corrected chi connectivity index (χ3v) is 3.98. The first-order valence-corrected chi connectivity index (χ1v) is 7.76. The van der Waals surface area contributed by atoms with Crippen LogP contribution in [0.3, 0.4) is 0 Å². The molecule has 1 heterocycles. The molecule has 1 aliphatic rings. The molecule has 4 nitrogen and oxygen atoms in total. The van der Waals surface area contributed by atoms with E-state index < -0.39 is 0 Å². The summed E-state index contributed by atoms with van der Waals surface area (Å²) in [4.78, 5) is 25.5. The van der Waals surface area contributed by atoms with Gasteiger partial charge in [-0.3, -0.25) is 9.59 Å². The van der Waals surface area contributed by atoms with Crippen LogP contribution in [0.2, 0.25) is 0 Å². The normalized spacial score (nSPS) is 17.2. The average Bonchev–Trinajstić information content (AvgIpc) is 2.71. The van der Waals surface area contributed by atoms with Crippen molar-refractivity contribution in [3.63, 3.8) is 0 Å². The van der Waals surface area contributed by atoms with Crippen molar-refractivity contribution >= 4 is 11.8 Å². The SMILES string of the molecule is C[C@H](CNC(=O)CN1CCCCCC1=O)c1ccccc1. The number of hydrogen-bond acceptors (Lipinski definition) is 2. The number of likely N-dealkylation sites (tertiary alicyclic amines) is 1. The van der Waals surface area contributed by atoms with E-state index in [1.807, 2.05) is 18.2 Å². The predicted octanol–water partition coefficient (Wildman–Crippen LogP) is 2.31. The highest BCUT2D eigenvalue weighted by Crippen LogP contribution is 2.13. The molecule has 0 unspecified atom stereocenters. The number of benzene rings is 1. The smallest absolute Gasteiger partial charge is 0.239 e. The second kappa shape index (κ2) is 7.81. The van der Waals surface area contributed by atoms with Gasteiger partial charge in [-0.1, -0.05) is 43.7 Å². The van der Waals surface area contributed by atoms with Crippen LogP contribution < -0.4 is 5.32 Å². The summed E-state index contributed by atoms with van der Waals surface area (Å²) in [6, 6.07) is 10.1. The van der Waals surface area contributed by atoms with E-state index in [4.69, 9.17) is 0 Å². The Morgan fingerprint density at radius 2 is 2.00 bits per heavy atom. The Labute approximate surface area is 126 Å². The summed E-state index contributed by atoms with van der Waals surface area (Å²) in [5.41, 5.74) is 1.21. The number of rotatable bonds is 5. The molecule has 0 aliphatic carbocycles. The fraction of sp³-hybridized carbons (Fsp3) is 0.529. The lowest BCUT2D eigenvalue weighted by atomic mass is 10.0. The first kappa shape index (κ1) is 15.5. The highest BCUT2D eigenvalue weighted by Gasteiger charge is 2.19. The van der Waals surface area contributed by atoms with Gasteiger partial charge in [0.1, 0.15) is 0 Å². The second-order valence-electron chi connectivity index (χ2n) is 5.74. The molecule has 114 valence electrons. The molecular formula is C17H24N2O2. The first-order valence-electron chi connectivity index (χ1n) is 7.76. The summed E-state index contributed by atoms with van der Waals surface area (Å²) < 4.78 is 0. The van der Waals surface area contributed by atoms with Gasteiger partial charge in [-0.05, 0) is 24.3 Å². The number of nitrogens with one attached hydrogen (secondary N) is 1. The Morgan fingerprint density at radius 3 is 2.76 bits per heavy atom.